The number of pyridine rings is 1. The van der Waals surface area contributed by atoms with Crippen molar-refractivity contribution < 1.29 is 31.9 Å². The number of nitrogens with zero attached hydrogens (tertiary/aromatic N) is 1. The SMILES string of the molecule is CCOC(=O)/C(=C/Nc1cc(N)c(F)cn1)C(=O)c1cc(F)c(F)c(Cl)c1F. The standard InChI is InChI=1S/C17H12ClF4N3O3/c1-2-28-17(27)8(5-24-12-4-11(23)10(20)6-25-12)16(26)7-3-9(19)15(22)13(18)14(7)21/h3-6H,2H2,1H3,(H3,23,24,25)/b8-5+. The van der Waals surface area contributed by atoms with E-state index in [1.165, 1.54) is 6.92 Å². The van der Waals surface area contributed by atoms with Crippen molar-refractivity contribution in [1.29, 1.82) is 0 Å². The molecule has 0 radical (unpaired) electrons. The third-order valence-electron chi connectivity index (χ3n) is 3.34. The number of carbonyl (C=O) groups excluding carboxylic acids is 2. The number of rotatable bonds is 6. The molecule has 0 aliphatic rings. The number of ether oxygens (including phenoxy) is 1. The number of hydrogen-bond acceptors (Lipinski definition) is 6. The quantitative estimate of drug-likeness (QED) is 0.109. The van der Waals surface area contributed by atoms with Gasteiger partial charge in [-0.25, -0.2) is 27.3 Å². The first-order valence-corrected chi connectivity index (χ1v) is 7.97. The van der Waals surface area contributed by atoms with E-state index in [1.807, 2.05) is 0 Å². The smallest absolute Gasteiger partial charge is 0.343 e. The second kappa shape index (κ2) is 8.70. The summed E-state index contributed by atoms with van der Waals surface area (Å²) < 4.78 is 58.9. The van der Waals surface area contributed by atoms with Gasteiger partial charge in [0.1, 0.15) is 16.4 Å². The molecule has 0 fully saturated rings. The second-order valence-electron chi connectivity index (χ2n) is 5.19. The van der Waals surface area contributed by atoms with E-state index in [-0.39, 0.29) is 24.2 Å². The summed E-state index contributed by atoms with van der Waals surface area (Å²) in [7, 11) is 0. The van der Waals surface area contributed by atoms with Gasteiger partial charge < -0.3 is 15.8 Å². The number of benzene rings is 1. The maximum Gasteiger partial charge on any atom is 0.343 e. The summed E-state index contributed by atoms with van der Waals surface area (Å²) in [5.74, 6) is -8.19. The molecule has 11 heteroatoms. The van der Waals surface area contributed by atoms with E-state index < -0.39 is 51.2 Å². The second-order valence-corrected chi connectivity index (χ2v) is 5.57. The van der Waals surface area contributed by atoms with Crippen LogP contribution in [0.4, 0.5) is 29.1 Å². The first kappa shape index (κ1) is 21.2. The Morgan fingerprint density at radius 3 is 2.50 bits per heavy atom. The molecular weight excluding hydrogens is 406 g/mol. The highest BCUT2D eigenvalue weighted by atomic mass is 35.5. The number of ketones is 1. The molecule has 28 heavy (non-hydrogen) atoms. The van der Waals surface area contributed by atoms with Crippen LogP contribution in [-0.2, 0) is 9.53 Å². The maximum atomic E-state index is 14.1. The lowest BCUT2D eigenvalue weighted by molar-refractivity contribution is -0.138. The summed E-state index contributed by atoms with van der Waals surface area (Å²) in [5, 5.41) is 1.16. The lowest BCUT2D eigenvalue weighted by Gasteiger charge is -2.10. The minimum Gasteiger partial charge on any atom is -0.462 e. The van der Waals surface area contributed by atoms with Crippen LogP contribution in [0.5, 0.6) is 0 Å². The summed E-state index contributed by atoms with van der Waals surface area (Å²) in [6.45, 7) is 1.32. The zero-order valence-electron chi connectivity index (χ0n) is 14.2. The van der Waals surface area contributed by atoms with Crippen molar-refractivity contribution in [2.75, 3.05) is 17.7 Å². The molecule has 0 aliphatic heterocycles. The number of Topliss-reactive ketones (excluding diaryl/α,β-unsaturated/α-hetero) is 1. The molecule has 1 heterocycles. The van der Waals surface area contributed by atoms with Gasteiger partial charge in [-0.1, -0.05) is 11.6 Å². The van der Waals surface area contributed by atoms with Gasteiger partial charge in [0.05, 0.1) is 24.1 Å². The highest BCUT2D eigenvalue weighted by molar-refractivity contribution is 6.32. The number of anilines is 2. The highest BCUT2D eigenvalue weighted by Crippen LogP contribution is 2.26. The van der Waals surface area contributed by atoms with Gasteiger partial charge in [-0.3, -0.25) is 4.79 Å². The fourth-order valence-electron chi connectivity index (χ4n) is 1.99. The fourth-order valence-corrected chi connectivity index (χ4v) is 2.18. The van der Waals surface area contributed by atoms with E-state index in [1.54, 1.807) is 0 Å². The van der Waals surface area contributed by atoms with Crippen molar-refractivity contribution in [2.24, 2.45) is 0 Å². The average Bonchev–Trinajstić information content (AvgIpc) is 2.66. The van der Waals surface area contributed by atoms with Gasteiger partial charge in [0.15, 0.2) is 23.3 Å². The van der Waals surface area contributed by atoms with Crippen LogP contribution in [0.2, 0.25) is 5.02 Å². The predicted octanol–water partition coefficient (Wildman–Crippen LogP) is 3.62. The number of hydrogen-bond donors (Lipinski definition) is 2. The monoisotopic (exact) mass is 417 g/mol. The lowest BCUT2D eigenvalue weighted by Crippen LogP contribution is -2.19. The normalized spacial score (nSPS) is 11.3. The Morgan fingerprint density at radius 1 is 1.21 bits per heavy atom. The summed E-state index contributed by atoms with van der Waals surface area (Å²) >= 11 is 5.33. The summed E-state index contributed by atoms with van der Waals surface area (Å²) in [5.41, 5.74) is 3.35. The number of carbonyl (C=O) groups is 2. The molecule has 0 amide bonds. The van der Waals surface area contributed by atoms with Gasteiger partial charge >= 0.3 is 5.97 Å². The molecule has 2 rings (SSSR count). The van der Waals surface area contributed by atoms with Gasteiger partial charge in [-0.05, 0) is 13.0 Å². The van der Waals surface area contributed by atoms with Gasteiger partial charge in [-0.2, -0.15) is 0 Å². The Kier molecular flexibility index (Phi) is 6.57. The number of nitrogens with one attached hydrogen (secondary N) is 1. The number of esters is 1. The Bertz CT molecular complexity index is 983. The van der Waals surface area contributed by atoms with Crippen molar-refractivity contribution in [2.45, 2.75) is 6.92 Å². The van der Waals surface area contributed by atoms with E-state index in [2.05, 4.69) is 10.3 Å². The van der Waals surface area contributed by atoms with E-state index in [0.717, 1.165) is 18.5 Å². The Balaban J connectivity index is 2.47. The van der Waals surface area contributed by atoms with Crippen LogP contribution in [0.15, 0.2) is 30.1 Å². The number of halogens is 5. The molecule has 6 nitrogen and oxygen atoms in total. The Morgan fingerprint density at radius 2 is 1.89 bits per heavy atom. The largest absolute Gasteiger partial charge is 0.462 e. The molecule has 2 aromatic rings. The number of aromatic nitrogens is 1. The van der Waals surface area contributed by atoms with Gasteiger partial charge in [-0.15, -0.1) is 0 Å². The molecule has 0 saturated carbocycles. The van der Waals surface area contributed by atoms with Crippen molar-refractivity contribution in [1.82, 2.24) is 4.98 Å². The summed E-state index contributed by atoms with van der Waals surface area (Å²) in [4.78, 5) is 28.2. The van der Waals surface area contributed by atoms with Crippen LogP contribution in [0, 0.1) is 23.3 Å². The van der Waals surface area contributed by atoms with E-state index in [0.29, 0.717) is 0 Å². The van der Waals surface area contributed by atoms with E-state index in [4.69, 9.17) is 22.1 Å². The van der Waals surface area contributed by atoms with Crippen LogP contribution >= 0.6 is 11.6 Å². The van der Waals surface area contributed by atoms with Crippen LogP contribution in [0.3, 0.4) is 0 Å². The van der Waals surface area contributed by atoms with Crippen LogP contribution in [-0.4, -0.2) is 23.3 Å². The van der Waals surface area contributed by atoms with E-state index in [9.17, 15) is 27.2 Å². The number of nitrogen functional groups attached to an aromatic ring is 1. The average molecular weight is 418 g/mol. The number of nitrogens with two attached hydrogens (primary N) is 1. The molecule has 0 spiro atoms. The van der Waals surface area contributed by atoms with E-state index >= 15 is 0 Å². The van der Waals surface area contributed by atoms with Gasteiger partial charge in [0.25, 0.3) is 0 Å². The lowest BCUT2D eigenvalue weighted by atomic mass is 10.0. The molecule has 0 saturated heterocycles. The Labute approximate surface area is 160 Å². The summed E-state index contributed by atoms with van der Waals surface area (Å²) in [6, 6.07) is 1.33. The topological polar surface area (TPSA) is 94.3 Å². The van der Waals surface area contributed by atoms with Crippen LogP contribution in [0.1, 0.15) is 17.3 Å². The fraction of sp³-hybridized carbons (Fsp3) is 0.118. The minimum atomic E-state index is -1.68. The molecule has 3 N–H and O–H groups in total. The van der Waals surface area contributed by atoms with Crippen LogP contribution < -0.4 is 11.1 Å². The van der Waals surface area contributed by atoms with Crippen LogP contribution in [0.25, 0.3) is 0 Å². The first-order valence-electron chi connectivity index (χ1n) is 7.59. The zero-order chi connectivity index (χ0) is 21.0. The molecule has 0 bridgehead atoms. The highest BCUT2D eigenvalue weighted by Gasteiger charge is 2.28. The third kappa shape index (κ3) is 4.39. The summed E-state index contributed by atoms with van der Waals surface area (Å²) in [6.07, 6.45) is 1.57. The van der Waals surface area contributed by atoms with Crippen molar-refractivity contribution in [3.05, 3.63) is 64.0 Å². The molecule has 1 aromatic carbocycles. The Hall–Kier alpha value is -3.14. The minimum absolute atomic E-state index is 0.0581. The van der Waals surface area contributed by atoms with Gasteiger partial charge in [0.2, 0.25) is 5.78 Å². The molecule has 0 aliphatic carbocycles. The van der Waals surface area contributed by atoms with Gasteiger partial charge in [0, 0.05) is 12.3 Å². The molecule has 148 valence electrons. The molecule has 0 atom stereocenters. The first-order chi connectivity index (χ1) is 13.2. The predicted molar refractivity (Wildman–Crippen MR) is 92.6 cm³/mol. The third-order valence-corrected chi connectivity index (χ3v) is 3.67. The molecule has 1 aromatic heterocycles. The molecular formula is C17H12ClF4N3O3. The van der Waals surface area contributed by atoms with Crippen molar-refractivity contribution >= 4 is 34.9 Å². The molecule has 0 unspecified atom stereocenters. The van der Waals surface area contributed by atoms with Crippen molar-refractivity contribution in [3.63, 3.8) is 0 Å². The van der Waals surface area contributed by atoms with Crippen molar-refractivity contribution in [3.8, 4) is 0 Å². The maximum absolute atomic E-state index is 14.1. The zero-order valence-corrected chi connectivity index (χ0v) is 14.9.